The van der Waals surface area contributed by atoms with Crippen molar-refractivity contribution in [3.05, 3.63) is 11.4 Å². The predicted molar refractivity (Wildman–Crippen MR) is 64.4 cm³/mol. The highest BCUT2D eigenvalue weighted by Gasteiger charge is 2.10. The van der Waals surface area contributed by atoms with Gasteiger partial charge in [0, 0.05) is 6.42 Å². The molecule has 0 aromatic carbocycles. The van der Waals surface area contributed by atoms with Crippen LogP contribution in [0.15, 0.2) is 0 Å². The highest BCUT2D eigenvalue weighted by atomic mass is 16.5. The first-order valence-electron chi connectivity index (χ1n) is 5.69. The molecule has 0 fully saturated rings. The van der Waals surface area contributed by atoms with Crippen LogP contribution in [-0.2, 0) is 6.42 Å². The lowest BCUT2D eigenvalue weighted by molar-refractivity contribution is 0.294. The second-order valence-corrected chi connectivity index (χ2v) is 3.62. The van der Waals surface area contributed by atoms with Gasteiger partial charge < -0.3 is 10.2 Å². The van der Waals surface area contributed by atoms with Gasteiger partial charge in [-0.3, -0.25) is 0 Å². The molecule has 0 atom stereocenters. The van der Waals surface area contributed by atoms with Crippen LogP contribution in [0.25, 0.3) is 0 Å². The summed E-state index contributed by atoms with van der Waals surface area (Å²) >= 11 is 0. The summed E-state index contributed by atoms with van der Waals surface area (Å²) in [6.07, 6.45) is 2.89. The number of rotatable bonds is 6. The van der Waals surface area contributed by atoms with Crippen LogP contribution in [0, 0.1) is 6.92 Å². The van der Waals surface area contributed by atoms with E-state index in [9.17, 15) is 0 Å². The van der Waals surface area contributed by atoms with Crippen molar-refractivity contribution in [2.45, 2.75) is 40.0 Å². The molecule has 3 N–H and O–H groups in total. The lowest BCUT2D eigenvalue weighted by Gasteiger charge is -2.12. The Kier molecular flexibility index (Phi) is 4.98. The van der Waals surface area contributed by atoms with Gasteiger partial charge in [-0.1, -0.05) is 20.3 Å². The van der Waals surface area contributed by atoms with Gasteiger partial charge >= 0.3 is 0 Å². The molecule has 1 aromatic rings. The maximum Gasteiger partial charge on any atom is 0.221 e. The Bertz CT molecular complexity index is 341. The fourth-order valence-corrected chi connectivity index (χ4v) is 1.29. The van der Waals surface area contributed by atoms with Gasteiger partial charge in [-0.05, 0) is 13.3 Å². The van der Waals surface area contributed by atoms with E-state index >= 15 is 0 Å². The van der Waals surface area contributed by atoms with E-state index in [0.717, 1.165) is 30.7 Å². The number of anilines is 1. The number of nitrogens with zero attached hydrogens (tertiary/aromatic N) is 2. The number of nitrogens with one attached hydrogen (secondary N) is 1. The smallest absolute Gasteiger partial charge is 0.221 e. The van der Waals surface area contributed by atoms with E-state index in [1.54, 1.807) is 0 Å². The molecule has 0 amide bonds. The molecule has 1 aromatic heterocycles. The number of nitrogens with two attached hydrogens (primary N) is 1. The highest BCUT2D eigenvalue weighted by Crippen LogP contribution is 2.21. The zero-order chi connectivity index (χ0) is 12.0. The third-order valence-corrected chi connectivity index (χ3v) is 2.34. The molecule has 1 heterocycles. The number of nitrogen functional groups attached to an aromatic ring is 1. The van der Waals surface area contributed by atoms with E-state index < -0.39 is 0 Å². The zero-order valence-electron chi connectivity index (χ0n) is 10.2. The van der Waals surface area contributed by atoms with Crippen molar-refractivity contribution in [3.8, 4) is 5.88 Å². The Morgan fingerprint density at radius 1 is 1.31 bits per heavy atom. The summed E-state index contributed by atoms with van der Waals surface area (Å²) in [6.45, 7) is 6.71. The molecular formula is C11H20N4O. The molecule has 0 aliphatic heterocycles. The summed E-state index contributed by atoms with van der Waals surface area (Å²) in [4.78, 5) is 8.61. The first kappa shape index (κ1) is 12.7. The van der Waals surface area contributed by atoms with Crippen LogP contribution in [0.2, 0.25) is 0 Å². The Morgan fingerprint density at radius 3 is 2.62 bits per heavy atom. The normalized spacial score (nSPS) is 10.2. The Balaban J connectivity index is 2.88. The van der Waals surface area contributed by atoms with Gasteiger partial charge in [-0.25, -0.2) is 10.8 Å². The second kappa shape index (κ2) is 6.27. The molecule has 0 saturated carbocycles. The maximum absolute atomic E-state index is 5.62. The first-order chi connectivity index (χ1) is 7.72. The van der Waals surface area contributed by atoms with Gasteiger partial charge in [0.15, 0.2) is 0 Å². The molecule has 5 nitrogen and oxygen atoms in total. The van der Waals surface area contributed by atoms with Crippen LogP contribution in [0.4, 0.5) is 5.82 Å². The molecule has 0 spiro atoms. The number of hydrogen-bond donors (Lipinski definition) is 2. The third-order valence-electron chi connectivity index (χ3n) is 2.34. The Hall–Kier alpha value is -1.36. The van der Waals surface area contributed by atoms with Gasteiger partial charge in [0.25, 0.3) is 0 Å². The predicted octanol–water partition coefficient (Wildman–Crippen LogP) is 1.81. The van der Waals surface area contributed by atoms with Gasteiger partial charge in [-0.15, -0.1) is 0 Å². The molecule has 0 aliphatic rings. The summed E-state index contributed by atoms with van der Waals surface area (Å²) in [7, 11) is 0. The van der Waals surface area contributed by atoms with Crippen LogP contribution < -0.4 is 16.0 Å². The van der Waals surface area contributed by atoms with Crippen molar-refractivity contribution < 1.29 is 4.74 Å². The third kappa shape index (κ3) is 3.06. The minimum atomic E-state index is 0.633. The zero-order valence-corrected chi connectivity index (χ0v) is 10.2. The lowest BCUT2D eigenvalue weighted by atomic mass is 10.3. The molecule has 0 radical (unpaired) electrons. The van der Waals surface area contributed by atoms with Crippen LogP contribution >= 0.6 is 0 Å². The van der Waals surface area contributed by atoms with Crippen molar-refractivity contribution in [1.82, 2.24) is 9.97 Å². The SMILES string of the molecule is CCCCOc1nc(CC)nc(NN)c1C. The number of aryl methyl sites for hydroxylation is 1. The lowest BCUT2D eigenvalue weighted by Crippen LogP contribution is -2.14. The summed E-state index contributed by atoms with van der Waals surface area (Å²) in [6, 6.07) is 0. The van der Waals surface area contributed by atoms with E-state index in [1.807, 2.05) is 13.8 Å². The van der Waals surface area contributed by atoms with Gasteiger partial charge in [0.05, 0.1) is 12.2 Å². The monoisotopic (exact) mass is 224 g/mol. The number of aromatic nitrogens is 2. The summed E-state index contributed by atoms with van der Waals surface area (Å²) < 4.78 is 5.62. The van der Waals surface area contributed by atoms with Crippen LogP contribution in [0.1, 0.15) is 38.1 Å². The van der Waals surface area contributed by atoms with E-state index in [4.69, 9.17) is 10.6 Å². The molecule has 1 rings (SSSR count). The fraction of sp³-hybridized carbons (Fsp3) is 0.636. The van der Waals surface area contributed by atoms with Crippen LogP contribution in [0.3, 0.4) is 0 Å². The maximum atomic E-state index is 5.62. The summed E-state index contributed by atoms with van der Waals surface area (Å²) in [5, 5.41) is 0. The molecule has 5 heteroatoms. The van der Waals surface area contributed by atoms with E-state index in [1.165, 1.54) is 0 Å². The standard InChI is InChI=1S/C11H20N4O/c1-4-6-7-16-11-8(3)10(15-12)13-9(5-2)14-11/h4-7,12H2,1-3H3,(H,13,14,15). The Labute approximate surface area is 96.4 Å². The number of unbranched alkanes of at least 4 members (excludes halogenated alkanes) is 1. The average molecular weight is 224 g/mol. The van der Waals surface area contributed by atoms with Crippen LogP contribution in [-0.4, -0.2) is 16.6 Å². The molecule has 90 valence electrons. The molecular weight excluding hydrogens is 204 g/mol. The molecule has 0 aliphatic carbocycles. The van der Waals surface area contributed by atoms with E-state index in [2.05, 4.69) is 22.3 Å². The van der Waals surface area contributed by atoms with E-state index in [0.29, 0.717) is 18.3 Å². The number of hydrazine groups is 1. The minimum Gasteiger partial charge on any atom is -0.477 e. The summed E-state index contributed by atoms with van der Waals surface area (Å²) in [5.74, 6) is 7.41. The quantitative estimate of drug-likeness (QED) is 0.438. The van der Waals surface area contributed by atoms with Crippen molar-refractivity contribution in [3.63, 3.8) is 0 Å². The first-order valence-corrected chi connectivity index (χ1v) is 5.69. The summed E-state index contributed by atoms with van der Waals surface area (Å²) in [5.41, 5.74) is 3.43. The topological polar surface area (TPSA) is 73.1 Å². The highest BCUT2D eigenvalue weighted by molar-refractivity contribution is 5.47. The van der Waals surface area contributed by atoms with Crippen molar-refractivity contribution in [1.29, 1.82) is 0 Å². The molecule has 0 bridgehead atoms. The molecule has 16 heavy (non-hydrogen) atoms. The van der Waals surface area contributed by atoms with Crippen LogP contribution in [0.5, 0.6) is 5.88 Å². The van der Waals surface area contributed by atoms with Crippen molar-refractivity contribution >= 4 is 5.82 Å². The molecule has 0 unspecified atom stereocenters. The number of hydrogen-bond acceptors (Lipinski definition) is 5. The Morgan fingerprint density at radius 2 is 2.06 bits per heavy atom. The minimum absolute atomic E-state index is 0.633. The largest absolute Gasteiger partial charge is 0.477 e. The van der Waals surface area contributed by atoms with Crippen molar-refractivity contribution in [2.24, 2.45) is 5.84 Å². The van der Waals surface area contributed by atoms with Gasteiger partial charge in [-0.2, -0.15) is 4.98 Å². The second-order valence-electron chi connectivity index (χ2n) is 3.62. The van der Waals surface area contributed by atoms with E-state index in [-0.39, 0.29) is 0 Å². The fourth-order valence-electron chi connectivity index (χ4n) is 1.29. The van der Waals surface area contributed by atoms with Gasteiger partial charge in [0.1, 0.15) is 11.6 Å². The molecule has 0 saturated heterocycles. The number of ether oxygens (including phenoxy) is 1. The average Bonchev–Trinajstić information content (AvgIpc) is 2.31. The van der Waals surface area contributed by atoms with Gasteiger partial charge in [0.2, 0.25) is 5.88 Å². The van der Waals surface area contributed by atoms with Crippen molar-refractivity contribution in [2.75, 3.05) is 12.0 Å².